The number of aromatic nitrogens is 3. The molecule has 0 radical (unpaired) electrons. The highest BCUT2D eigenvalue weighted by molar-refractivity contribution is 5.98. The number of rotatable bonds is 5. The summed E-state index contributed by atoms with van der Waals surface area (Å²) in [7, 11) is 0. The quantitative estimate of drug-likeness (QED) is 0.329. The fourth-order valence-electron chi connectivity index (χ4n) is 3.85. The molecule has 0 aliphatic carbocycles. The van der Waals surface area contributed by atoms with Crippen LogP contribution in [0.1, 0.15) is 73.5 Å². The predicted octanol–water partition coefficient (Wildman–Crippen LogP) is 5.95. The summed E-state index contributed by atoms with van der Waals surface area (Å²) in [4.78, 5) is 36.5. The van der Waals surface area contributed by atoms with Crippen molar-refractivity contribution in [2.24, 2.45) is 0 Å². The van der Waals surface area contributed by atoms with E-state index in [0.717, 1.165) is 5.56 Å². The van der Waals surface area contributed by atoms with Crippen LogP contribution in [0.15, 0.2) is 54.9 Å². The molecular formula is C29H31FN4O3. The van der Waals surface area contributed by atoms with Crippen LogP contribution in [-0.4, -0.2) is 32.4 Å². The van der Waals surface area contributed by atoms with Crippen LogP contribution in [0.4, 0.5) is 4.39 Å². The van der Waals surface area contributed by atoms with E-state index in [1.807, 2.05) is 12.1 Å². The third-order valence-electron chi connectivity index (χ3n) is 5.82. The van der Waals surface area contributed by atoms with Gasteiger partial charge >= 0.3 is 5.97 Å². The van der Waals surface area contributed by atoms with Crippen LogP contribution in [-0.2, 0) is 16.7 Å². The number of nitrogens with zero attached hydrogens (tertiary/aromatic N) is 2. The topological polar surface area (TPSA) is 97.0 Å². The maximum absolute atomic E-state index is 15.0. The lowest BCUT2D eigenvalue weighted by molar-refractivity contribution is 0.00637. The highest BCUT2D eigenvalue weighted by Gasteiger charge is 2.21. The van der Waals surface area contributed by atoms with Gasteiger partial charge in [0.15, 0.2) is 0 Å². The Balaban J connectivity index is 1.51. The fourth-order valence-corrected chi connectivity index (χ4v) is 3.85. The molecule has 0 fully saturated rings. The number of carbonyl (C=O) groups is 2. The molecule has 2 heterocycles. The summed E-state index contributed by atoms with van der Waals surface area (Å²) in [5, 5.41) is 3.35. The number of esters is 1. The van der Waals surface area contributed by atoms with Crippen molar-refractivity contribution in [3.63, 3.8) is 0 Å². The number of benzene rings is 2. The number of amides is 1. The number of hydrogen-bond donors (Lipinski definition) is 2. The van der Waals surface area contributed by atoms with Crippen LogP contribution in [0, 0.1) is 5.82 Å². The summed E-state index contributed by atoms with van der Waals surface area (Å²) in [6.07, 6.45) is 1.35. The lowest BCUT2D eigenvalue weighted by Crippen LogP contribution is -2.24. The molecule has 4 aromatic rings. The molecule has 0 saturated carbocycles. The van der Waals surface area contributed by atoms with Gasteiger partial charge in [-0.25, -0.2) is 19.2 Å². The van der Waals surface area contributed by atoms with Gasteiger partial charge in [0.05, 0.1) is 5.69 Å². The van der Waals surface area contributed by atoms with Crippen LogP contribution in [0.5, 0.6) is 0 Å². The zero-order valence-electron chi connectivity index (χ0n) is 21.9. The van der Waals surface area contributed by atoms with Gasteiger partial charge in [0.25, 0.3) is 5.91 Å². The molecule has 0 unspecified atom stereocenters. The first-order valence-corrected chi connectivity index (χ1v) is 12.1. The van der Waals surface area contributed by atoms with Gasteiger partial charge in [0, 0.05) is 28.6 Å². The van der Waals surface area contributed by atoms with E-state index in [9.17, 15) is 9.59 Å². The SMILES string of the molecule is CC(C)(C)OC(=O)c1cc2c(-c3ccc(CNC(=O)c4ccc(C(C)(C)C)cc4)c(F)c3)ncnc2[nH]1. The van der Waals surface area contributed by atoms with Crippen molar-refractivity contribution in [1.29, 1.82) is 0 Å². The number of ether oxygens (including phenoxy) is 1. The van der Waals surface area contributed by atoms with Crippen molar-refractivity contribution in [2.75, 3.05) is 0 Å². The van der Waals surface area contributed by atoms with Crippen molar-refractivity contribution in [1.82, 2.24) is 20.3 Å². The van der Waals surface area contributed by atoms with Gasteiger partial charge in [0.2, 0.25) is 0 Å². The number of aromatic amines is 1. The molecule has 37 heavy (non-hydrogen) atoms. The second kappa shape index (κ2) is 9.76. The van der Waals surface area contributed by atoms with Crippen molar-refractivity contribution < 1.29 is 18.7 Å². The molecule has 0 spiro atoms. The van der Waals surface area contributed by atoms with E-state index in [1.165, 1.54) is 12.4 Å². The van der Waals surface area contributed by atoms with Crippen molar-refractivity contribution >= 4 is 22.9 Å². The lowest BCUT2D eigenvalue weighted by Gasteiger charge is -2.19. The number of carbonyl (C=O) groups excluding carboxylic acids is 2. The largest absolute Gasteiger partial charge is 0.455 e. The number of halogens is 1. The Morgan fingerprint density at radius 1 is 0.973 bits per heavy atom. The molecular weight excluding hydrogens is 471 g/mol. The molecule has 0 aliphatic rings. The summed E-state index contributed by atoms with van der Waals surface area (Å²) >= 11 is 0. The monoisotopic (exact) mass is 502 g/mol. The smallest absolute Gasteiger partial charge is 0.355 e. The molecule has 192 valence electrons. The summed E-state index contributed by atoms with van der Waals surface area (Å²) in [6.45, 7) is 11.7. The van der Waals surface area contributed by atoms with Gasteiger partial charge in [-0.05, 0) is 56.0 Å². The van der Waals surface area contributed by atoms with Crippen LogP contribution in [0.2, 0.25) is 0 Å². The predicted molar refractivity (Wildman–Crippen MR) is 141 cm³/mol. The summed E-state index contributed by atoms with van der Waals surface area (Å²) < 4.78 is 20.4. The van der Waals surface area contributed by atoms with E-state index in [4.69, 9.17) is 4.74 Å². The maximum Gasteiger partial charge on any atom is 0.355 e. The minimum absolute atomic E-state index is 0.00712. The molecule has 0 saturated heterocycles. The Bertz CT molecular complexity index is 1460. The second-order valence-electron chi connectivity index (χ2n) is 11.0. The van der Waals surface area contributed by atoms with Crippen molar-refractivity contribution in [3.05, 3.63) is 83.1 Å². The normalized spacial score (nSPS) is 12.0. The number of nitrogens with one attached hydrogen (secondary N) is 2. The molecule has 2 aromatic heterocycles. The first-order chi connectivity index (χ1) is 17.3. The van der Waals surface area contributed by atoms with Gasteiger partial charge in [-0.3, -0.25) is 4.79 Å². The maximum atomic E-state index is 15.0. The standard InChI is InChI=1S/C29H31FN4O3/c1-28(2,3)20-11-9-17(10-12-20)26(35)31-15-19-8-7-18(13-22(19)30)24-21-14-23(27(36)37-29(4,5)6)34-25(21)33-16-32-24/h7-14,16H,15H2,1-6H3,(H,31,35)(H,32,33,34). The Labute approximate surface area is 215 Å². The molecule has 2 N–H and O–H groups in total. The zero-order chi connectivity index (χ0) is 27.0. The highest BCUT2D eigenvalue weighted by Crippen LogP contribution is 2.28. The van der Waals surface area contributed by atoms with E-state index in [-0.39, 0.29) is 23.6 Å². The summed E-state index contributed by atoms with van der Waals surface area (Å²) in [5.74, 6) is -1.26. The van der Waals surface area contributed by atoms with Crippen LogP contribution < -0.4 is 5.32 Å². The first kappa shape index (κ1) is 26.0. The third kappa shape index (κ3) is 6.02. The fraction of sp³-hybridized carbons (Fsp3) is 0.310. The summed E-state index contributed by atoms with van der Waals surface area (Å²) in [5.41, 5.74) is 3.02. The Morgan fingerprint density at radius 2 is 1.68 bits per heavy atom. The zero-order valence-corrected chi connectivity index (χ0v) is 21.9. The molecule has 1 amide bonds. The molecule has 7 nitrogen and oxygen atoms in total. The van der Waals surface area contributed by atoms with Crippen LogP contribution >= 0.6 is 0 Å². The van der Waals surface area contributed by atoms with Crippen LogP contribution in [0.3, 0.4) is 0 Å². The van der Waals surface area contributed by atoms with Gasteiger partial charge in [-0.2, -0.15) is 0 Å². The molecule has 2 aromatic carbocycles. The molecule has 0 aliphatic heterocycles. The van der Waals surface area contributed by atoms with Gasteiger partial charge < -0.3 is 15.0 Å². The Hall–Kier alpha value is -4.07. The van der Waals surface area contributed by atoms with Gasteiger partial charge in [-0.15, -0.1) is 0 Å². The Kier molecular flexibility index (Phi) is 6.86. The molecule has 8 heteroatoms. The van der Waals surface area contributed by atoms with Crippen molar-refractivity contribution in [2.45, 2.75) is 59.1 Å². The van der Waals surface area contributed by atoms with E-state index in [0.29, 0.717) is 33.4 Å². The minimum atomic E-state index is -0.646. The van der Waals surface area contributed by atoms with E-state index in [1.54, 1.807) is 51.1 Å². The van der Waals surface area contributed by atoms with E-state index in [2.05, 4.69) is 41.0 Å². The van der Waals surface area contributed by atoms with E-state index < -0.39 is 17.4 Å². The minimum Gasteiger partial charge on any atom is -0.455 e. The third-order valence-corrected chi connectivity index (χ3v) is 5.82. The molecule has 0 atom stereocenters. The number of fused-ring (bicyclic) bond motifs is 1. The lowest BCUT2D eigenvalue weighted by atomic mass is 9.87. The molecule has 0 bridgehead atoms. The number of hydrogen-bond acceptors (Lipinski definition) is 5. The average molecular weight is 503 g/mol. The Morgan fingerprint density at radius 3 is 2.30 bits per heavy atom. The van der Waals surface area contributed by atoms with Gasteiger partial charge in [0.1, 0.15) is 29.1 Å². The first-order valence-electron chi connectivity index (χ1n) is 12.1. The van der Waals surface area contributed by atoms with Crippen molar-refractivity contribution in [3.8, 4) is 11.3 Å². The highest BCUT2D eigenvalue weighted by atomic mass is 19.1. The second-order valence-corrected chi connectivity index (χ2v) is 11.0. The number of H-pyrrole nitrogens is 1. The van der Waals surface area contributed by atoms with E-state index >= 15 is 4.39 Å². The summed E-state index contributed by atoms with van der Waals surface area (Å²) in [6, 6.07) is 13.7. The van der Waals surface area contributed by atoms with Gasteiger partial charge in [-0.1, -0.05) is 45.0 Å². The average Bonchev–Trinajstić information content (AvgIpc) is 3.26. The van der Waals surface area contributed by atoms with Crippen LogP contribution in [0.25, 0.3) is 22.3 Å². The molecule has 4 rings (SSSR count).